The number of para-hydroxylation sites is 1. The number of hydrogen-bond donors (Lipinski definition) is 1. The van der Waals surface area contributed by atoms with Crippen LogP contribution in [-0.2, 0) is 13.0 Å². The molecular formula is C20H34N2O. The maximum Gasteiger partial charge on any atom is 0.123 e. The van der Waals surface area contributed by atoms with Crippen molar-refractivity contribution in [3.8, 4) is 5.75 Å². The maximum atomic E-state index is 10.6. The van der Waals surface area contributed by atoms with Crippen molar-refractivity contribution in [3.05, 3.63) is 29.3 Å². The van der Waals surface area contributed by atoms with E-state index in [1.54, 1.807) is 0 Å². The molecule has 0 aliphatic heterocycles. The van der Waals surface area contributed by atoms with Gasteiger partial charge in [0, 0.05) is 24.2 Å². The first-order valence-electron chi connectivity index (χ1n) is 9.21. The largest absolute Gasteiger partial charge is 0.507 e. The molecule has 0 aromatic heterocycles. The summed E-state index contributed by atoms with van der Waals surface area (Å²) in [6.45, 7) is 3.03. The molecular weight excluding hydrogens is 284 g/mol. The highest BCUT2D eigenvalue weighted by molar-refractivity contribution is 5.40. The smallest absolute Gasteiger partial charge is 0.123 e. The average Bonchev–Trinajstić information content (AvgIpc) is 2.55. The predicted octanol–water partition coefficient (Wildman–Crippen LogP) is 4.04. The van der Waals surface area contributed by atoms with Crippen molar-refractivity contribution in [2.24, 2.45) is 0 Å². The zero-order chi connectivity index (χ0) is 16.8. The molecule has 1 saturated carbocycles. The second-order valence-corrected chi connectivity index (χ2v) is 7.33. The second-order valence-electron chi connectivity index (χ2n) is 7.33. The van der Waals surface area contributed by atoms with E-state index in [2.05, 4.69) is 56.1 Å². The molecule has 0 bridgehead atoms. The molecule has 1 aromatic rings. The Morgan fingerprint density at radius 3 is 2.35 bits per heavy atom. The molecule has 2 unspecified atom stereocenters. The Balaban J connectivity index is 2.08. The van der Waals surface area contributed by atoms with Gasteiger partial charge in [-0.05, 0) is 52.4 Å². The third-order valence-corrected chi connectivity index (χ3v) is 5.35. The summed E-state index contributed by atoms with van der Waals surface area (Å²) < 4.78 is 0. The zero-order valence-corrected chi connectivity index (χ0v) is 15.4. The predicted molar refractivity (Wildman–Crippen MR) is 97.9 cm³/mol. The molecule has 1 fully saturated rings. The molecule has 0 radical (unpaired) electrons. The van der Waals surface area contributed by atoms with Crippen LogP contribution in [0, 0.1) is 0 Å². The molecule has 0 amide bonds. The summed E-state index contributed by atoms with van der Waals surface area (Å²) in [4.78, 5) is 4.82. The van der Waals surface area contributed by atoms with E-state index in [1.165, 1.54) is 25.7 Å². The van der Waals surface area contributed by atoms with Crippen LogP contribution in [0.15, 0.2) is 18.2 Å². The number of aryl methyl sites for hydroxylation is 1. The molecule has 0 saturated heterocycles. The van der Waals surface area contributed by atoms with Crippen LogP contribution in [0.2, 0.25) is 0 Å². The number of phenolic OH excluding ortho intramolecular Hbond substituents is 1. The van der Waals surface area contributed by atoms with Crippen molar-refractivity contribution in [2.45, 2.75) is 70.5 Å². The Hall–Kier alpha value is -1.06. The van der Waals surface area contributed by atoms with E-state index in [4.69, 9.17) is 0 Å². The first-order valence-corrected chi connectivity index (χ1v) is 9.21. The van der Waals surface area contributed by atoms with Gasteiger partial charge in [0.15, 0.2) is 0 Å². The number of unbranched alkanes of at least 4 members (excludes halogenated alkanes) is 1. The van der Waals surface area contributed by atoms with Gasteiger partial charge in [0.05, 0.1) is 0 Å². The third-order valence-electron chi connectivity index (χ3n) is 5.35. The molecule has 2 rings (SSSR count). The summed E-state index contributed by atoms with van der Waals surface area (Å²) in [7, 11) is 6.60. The molecule has 1 N–H and O–H groups in total. The Morgan fingerprint density at radius 2 is 1.70 bits per heavy atom. The number of benzene rings is 1. The van der Waals surface area contributed by atoms with Crippen molar-refractivity contribution >= 4 is 0 Å². The van der Waals surface area contributed by atoms with E-state index in [-0.39, 0.29) is 0 Å². The number of likely N-dealkylation sites (N-methyl/N-ethyl adjacent to an activating group) is 2. The Bertz CT molecular complexity index is 487. The first kappa shape index (κ1) is 18.3. The molecule has 130 valence electrons. The van der Waals surface area contributed by atoms with Gasteiger partial charge in [0.1, 0.15) is 5.75 Å². The van der Waals surface area contributed by atoms with E-state index in [0.29, 0.717) is 17.8 Å². The molecule has 1 aliphatic carbocycles. The van der Waals surface area contributed by atoms with Crippen LogP contribution in [0.3, 0.4) is 0 Å². The topological polar surface area (TPSA) is 26.7 Å². The number of nitrogens with zero attached hydrogens (tertiary/aromatic N) is 2. The van der Waals surface area contributed by atoms with Gasteiger partial charge >= 0.3 is 0 Å². The lowest BCUT2D eigenvalue weighted by atomic mass is 9.88. The molecule has 3 heteroatoms. The van der Waals surface area contributed by atoms with E-state index < -0.39 is 0 Å². The van der Waals surface area contributed by atoms with Gasteiger partial charge in [0.25, 0.3) is 0 Å². The molecule has 3 nitrogen and oxygen atoms in total. The normalized spacial score (nSPS) is 22.0. The summed E-state index contributed by atoms with van der Waals surface area (Å²) in [5.41, 5.74) is 2.18. The lowest BCUT2D eigenvalue weighted by Crippen LogP contribution is -2.49. The minimum atomic E-state index is 0.519. The van der Waals surface area contributed by atoms with Crippen LogP contribution >= 0.6 is 0 Å². The number of phenols is 1. The van der Waals surface area contributed by atoms with Gasteiger partial charge in [0.2, 0.25) is 0 Å². The fourth-order valence-corrected chi connectivity index (χ4v) is 3.94. The van der Waals surface area contributed by atoms with Crippen molar-refractivity contribution in [3.63, 3.8) is 0 Å². The summed E-state index contributed by atoms with van der Waals surface area (Å²) >= 11 is 0. The van der Waals surface area contributed by atoms with Gasteiger partial charge in [-0.25, -0.2) is 0 Å². The summed E-state index contributed by atoms with van der Waals surface area (Å²) in [6.07, 6.45) is 8.48. The molecule has 0 heterocycles. The van der Waals surface area contributed by atoms with Crippen molar-refractivity contribution in [2.75, 3.05) is 21.1 Å². The van der Waals surface area contributed by atoms with Crippen molar-refractivity contribution in [1.82, 2.24) is 9.80 Å². The molecule has 2 atom stereocenters. The lowest BCUT2D eigenvalue weighted by molar-refractivity contribution is 0.0872. The average molecular weight is 319 g/mol. The fraction of sp³-hybridized carbons (Fsp3) is 0.700. The SMILES string of the molecule is CCCCc1cccc(CN(C)C2CCCCC2N(C)C)c1O. The summed E-state index contributed by atoms with van der Waals surface area (Å²) in [5.74, 6) is 0.519. The Labute approximate surface area is 142 Å². The van der Waals surface area contributed by atoms with Gasteiger partial charge < -0.3 is 10.0 Å². The Morgan fingerprint density at radius 1 is 1.04 bits per heavy atom. The van der Waals surface area contributed by atoms with E-state index in [1.807, 2.05) is 0 Å². The summed E-state index contributed by atoms with van der Waals surface area (Å²) in [6, 6.07) is 7.45. The van der Waals surface area contributed by atoms with E-state index in [0.717, 1.165) is 36.9 Å². The second kappa shape index (κ2) is 8.70. The highest BCUT2D eigenvalue weighted by Crippen LogP contribution is 2.29. The van der Waals surface area contributed by atoms with E-state index >= 15 is 0 Å². The van der Waals surface area contributed by atoms with Gasteiger partial charge in [-0.15, -0.1) is 0 Å². The molecule has 0 spiro atoms. The number of aromatic hydroxyl groups is 1. The quantitative estimate of drug-likeness (QED) is 0.822. The molecule has 1 aliphatic rings. The monoisotopic (exact) mass is 318 g/mol. The Kier molecular flexibility index (Phi) is 6.91. The van der Waals surface area contributed by atoms with Gasteiger partial charge in [-0.2, -0.15) is 0 Å². The van der Waals surface area contributed by atoms with Crippen LogP contribution < -0.4 is 0 Å². The highest BCUT2D eigenvalue weighted by Gasteiger charge is 2.30. The molecule has 1 aromatic carbocycles. The lowest BCUT2D eigenvalue weighted by Gasteiger charge is -2.41. The van der Waals surface area contributed by atoms with Crippen molar-refractivity contribution in [1.29, 1.82) is 0 Å². The third kappa shape index (κ3) is 4.71. The first-order chi connectivity index (χ1) is 11.0. The minimum absolute atomic E-state index is 0.519. The van der Waals surface area contributed by atoms with Crippen LogP contribution in [0.5, 0.6) is 5.75 Å². The van der Waals surface area contributed by atoms with Gasteiger partial charge in [-0.3, -0.25) is 4.90 Å². The summed E-state index contributed by atoms with van der Waals surface area (Å²) in [5, 5.41) is 10.6. The molecule has 23 heavy (non-hydrogen) atoms. The van der Waals surface area contributed by atoms with Crippen LogP contribution in [0.1, 0.15) is 56.6 Å². The number of rotatable bonds is 7. The number of hydrogen-bond acceptors (Lipinski definition) is 3. The minimum Gasteiger partial charge on any atom is -0.507 e. The van der Waals surface area contributed by atoms with Crippen LogP contribution in [-0.4, -0.2) is 48.1 Å². The van der Waals surface area contributed by atoms with E-state index in [9.17, 15) is 5.11 Å². The fourth-order valence-electron chi connectivity index (χ4n) is 3.94. The van der Waals surface area contributed by atoms with Gasteiger partial charge in [-0.1, -0.05) is 44.4 Å². The zero-order valence-electron chi connectivity index (χ0n) is 15.4. The van der Waals surface area contributed by atoms with Crippen LogP contribution in [0.4, 0.5) is 0 Å². The standard InChI is InChI=1S/C20H34N2O/c1-5-6-10-16-11-9-12-17(20(16)23)15-22(4)19-14-8-7-13-18(19)21(2)3/h9,11-12,18-19,23H,5-8,10,13-15H2,1-4H3. The van der Waals surface area contributed by atoms with Crippen LogP contribution in [0.25, 0.3) is 0 Å². The maximum absolute atomic E-state index is 10.6. The highest BCUT2D eigenvalue weighted by atomic mass is 16.3. The van der Waals surface area contributed by atoms with Crippen molar-refractivity contribution < 1.29 is 5.11 Å².